The maximum atomic E-state index is 13.2. The van der Waals surface area contributed by atoms with E-state index in [0.29, 0.717) is 27.0 Å². The molecule has 10 heteroatoms. The van der Waals surface area contributed by atoms with Gasteiger partial charge in [0.25, 0.3) is 5.91 Å². The molecular weight excluding hydrogens is 636 g/mol. The van der Waals surface area contributed by atoms with Crippen molar-refractivity contribution in [3.63, 3.8) is 0 Å². The molecule has 2 unspecified atom stereocenters. The molecule has 0 bridgehead atoms. The molecule has 0 radical (unpaired) electrons. The van der Waals surface area contributed by atoms with Crippen molar-refractivity contribution in [2.45, 2.75) is 23.6 Å². The number of halogens is 5. The molecule has 3 N–H and O–H groups in total. The van der Waals surface area contributed by atoms with Gasteiger partial charge in [0.1, 0.15) is 4.33 Å². The van der Waals surface area contributed by atoms with Gasteiger partial charge in [0, 0.05) is 39.6 Å². The molecule has 1 saturated carbocycles. The molecule has 2 amide bonds. The molecule has 5 nitrogen and oxygen atoms in total. The third kappa shape index (κ3) is 6.99. The Labute approximate surface area is 269 Å². The second kappa shape index (κ2) is 12.7. The summed E-state index contributed by atoms with van der Waals surface area (Å²) in [6, 6.07) is 25.6. The normalized spacial score (nSPS) is 16.9. The van der Waals surface area contributed by atoms with E-state index < -0.39 is 28.0 Å². The zero-order chi connectivity index (χ0) is 30.0. The predicted octanol–water partition coefficient (Wildman–Crippen LogP) is 9.39. The maximum Gasteiger partial charge on any atom is 0.257 e. The molecular formula is C32H26Cl5N3O2. The highest BCUT2D eigenvalue weighted by atomic mass is 35.5. The molecule has 42 heavy (non-hydrogen) atoms. The fourth-order valence-corrected chi connectivity index (χ4v) is 6.49. The molecule has 0 aliphatic heterocycles. The molecule has 2 atom stereocenters. The summed E-state index contributed by atoms with van der Waals surface area (Å²) in [6.45, 7) is 2.70. The molecule has 1 aliphatic carbocycles. The first-order chi connectivity index (χ1) is 20.0. The first-order valence-electron chi connectivity index (χ1n) is 13.2. The SMILES string of the molecule is Cc1cc(NCCc2ccccc2)ccc1NC(=O)c1cc(NC(=O)C2C(c3cc(Cl)cc(Cl)c3)C2(Cl)Cl)ccc1Cl. The summed E-state index contributed by atoms with van der Waals surface area (Å²) < 4.78 is -1.33. The first-order valence-corrected chi connectivity index (χ1v) is 15.1. The lowest BCUT2D eigenvalue weighted by Crippen LogP contribution is -2.18. The van der Waals surface area contributed by atoms with E-state index in [0.717, 1.165) is 24.2 Å². The highest BCUT2D eigenvalue weighted by molar-refractivity contribution is 6.53. The van der Waals surface area contributed by atoms with Crippen molar-refractivity contribution in [2.75, 3.05) is 22.5 Å². The van der Waals surface area contributed by atoms with Gasteiger partial charge in [-0.25, -0.2) is 0 Å². The second-order valence-electron chi connectivity index (χ2n) is 10.2. The van der Waals surface area contributed by atoms with Gasteiger partial charge in [0.05, 0.1) is 16.5 Å². The fourth-order valence-electron chi connectivity index (χ4n) is 4.92. The van der Waals surface area contributed by atoms with E-state index in [-0.39, 0.29) is 10.6 Å². The topological polar surface area (TPSA) is 70.2 Å². The number of hydrogen-bond acceptors (Lipinski definition) is 3. The summed E-state index contributed by atoms with van der Waals surface area (Å²) in [5.41, 5.74) is 5.00. The lowest BCUT2D eigenvalue weighted by molar-refractivity contribution is -0.117. The highest BCUT2D eigenvalue weighted by Crippen LogP contribution is 2.65. The average molecular weight is 662 g/mol. The van der Waals surface area contributed by atoms with Gasteiger partial charge >= 0.3 is 0 Å². The van der Waals surface area contributed by atoms with Crippen molar-refractivity contribution in [3.05, 3.63) is 122 Å². The Morgan fingerprint density at radius 1 is 0.810 bits per heavy atom. The van der Waals surface area contributed by atoms with Gasteiger partial charge in [-0.15, -0.1) is 23.2 Å². The molecule has 1 fully saturated rings. The van der Waals surface area contributed by atoms with Crippen molar-refractivity contribution in [3.8, 4) is 0 Å². The van der Waals surface area contributed by atoms with Crippen LogP contribution >= 0.6 is 58.0 Å². The van der Waals surface area contributed by atoms with Crippen LogP contribution in [0.15, 0.2) is 84.9 Å². The Morgan fingerprint density at radius 2 is 1.50 bits per heavy atom. The summed E-state index contributed by atoms with van der Waals surface area (Å²) in [4.78, 5) is 26.3. The quantitative estimate of drug-likeness (QED) is 0.157. The average Bonchev–Trinajstić information content (AvgIpc) is 3.53. The van der Waals surface area contributed by atoms with E-state index in [1.807, 2.05) is 43.3 Å². The first kappa shape index (κ1) is 30.5. The summed E-state index contributed by atoms with van der Waals surface area (Å²) in [6.07, 6.45) is 0.900. The van der Waals surface area contributed by atoms with Gasteiger partial charge in [-0.1, -0.05) is 65.1 Å². The van der Waals surface area contributed by atoms with Gasteiger partial charge in [0.2, 0.25) is 5.91 Å². The number of alkyl halides is 2. The number of nitrogens with one attached hydrogen (secondary N) is 3. The molecule has 0 aromatic heterocycles. The smallest absolute Gasteiger partial charge is 0.257 e. The van der Waals surface area contributed by atoms with Crippen molar-refractivity contribution >= 4 is 86.9 Å². The number of aryl methyl sites for hydroxylation is 1. The van der Waals surface area contributed by atoms with Gasteiger partial charge < -0.3 is 16.0 Å². The number of benzene rings is 4. The Bertz CT molecular complexity index is 1620. The van der Waals surface area contributed by atoms with Crippen molar-refractivity contribution in [1.82, 2.24) is 0 Å². The van der Waals surface area contributed by atoms with Crippen LogP contribution in [0.5, 0.6) is 0 Å². The van der Waals surface area contributed by atoms with Crippen molar-refractivity contribution in [2.24, 2.45) is 5.92 Å². The van der Waals surface area contributed by atoms with Crippen LogP contribution in [0.4, 0.5) is 17.1 Å². The Hall–Kier alpha value is -2.93. The largest absolute Gasteiger partial charge is 0.385 e. The van der Waals surface area contributed by atoms with Crippen LogP contribution < -0.4 is 16.0 Å². The molecule has 1 aliphatic rings. The Balaban J connectivity index is 1.23. The molecule has 216 valence electrons. The zero-order valence-corrected chi connectivity index (χ0v) is 26.1. The van der Waals surface area contributed by atoms with Crippen molar-refractivity contribution < 1.29 is 9.59 Å². The number of rotatable bonds is 9. The Morgan fingerprint density at radius 3 is 2.19 bits per heavy atom. The lowest BCUT2D eigenvalue weighted by Gasteiger charge is -2.13. The summed E-state index contributed by atoms with van der Waals surface area (Å²) >= 11 is 31.6. The van der Waals surface area contributed by atoms with Crippen LogP contribution in [0.3, 0.4) is 0 Å². The fraction of sp³-hybridized carbons (Fsp3) is 0.188. The van der Waals surface area contributed by atoms with Gasteiger partial charge in [-0.2, -0.15) is 0 Å². The third-order valence-electron chi connectivity index (χ3n) is 7.12. The van der Waals surface area contributed by atoms with E-state index >= 15 is 0 Å². The van der Waals surface area contributed by atoms with E-state index in [2.05, 4.69) is 28.1 Å². The van der Waals surface area contributed by atoms with Crippen LogP contribution in [0.1, 0.15) is 33.0 Å². The number of amides is 2. The van der Waals surface area contributed by atoms with Crippen LogP contribution in [-0.2, 0) is 11.2 Å². The summed E-state index contributed by atoms with van der Waals surface area (Å²) in [5.74, 6) is -2.05. The Kier molecular flexibility index (Phi) is 9.26. The molecule has 0 saturated heterocycles. The number of carbonyl (C=O) groups is 2. The minimum Gasteiger partial charge on any atom is -0.385 e. The monoisotopic (exact) mass is 659 g/mol. The molecule has 0 heterocycles. The van der Waals surface area contributed by atoms with Crippen LogP contribution in [0, 0.1) is 12.8 Å². The number of carbonyl (C=O) groups excluding carboxylic acids is 2. The molecule has 0 spiro atoms. The minimum absolute atomic E-state index is 0.205. The standard InChI is InChI=1S/C32H26Cl5N3O2/c1-18-13-23(38-12-11-19-5-3-2-4-6-19)8-10-27(18)40-30(41)25-17-24(7-9-26(25)35)39-31(42)29-28(32(29,36)37)20-14-21(33)16-22(34)15-20/h2-10,13-17,28-29,38H,11-12H2,1H3,(H,39,42)(H,40,41). The van der Waals surface area contributed by atoms with Gasteiger partial charge in [-0.05, 0) is 84.6 Å². The molecule has 4 aromatic rings. The van der Waals surface area contributed by atoms with Crippen LogP contribution in [0.2, 0.25) is 15.1 Å². The van der Waals surface area contributed by atoms with Gasteiger partial charge in [0.15, 0.2) is 0 Å². The van der Waals surface area contributed by atoms with E-state index in [9.17, 15) is 9.59 Å². The number of hydrogen-bond donors (Lipinski definition) is 3. The number of anilines is 3. The van der Waals surface area contributed by atoms with E-state index in [1.165, 1.54) is 11.6 Å². The lowest BCUT2D eigenvalue weighted by atomic mass is 10.1. The minimum atomic E-state index is -1.33. The van der Waals surface area contributed by atoms with Crippen LogP contribution in [-0.4, -0.2) is 22.7 Å². The maximum absolute atomic E-state index is 13.2. The predicted molar refractivity (Wildman–Crippen MR) is 175 cm³/mol. The molecule has 5 rings (SSSR count). The molecule has 4 aromatic carbocycles. The highest BCUT2D eigenvalue weighted by Gasteiger charge is 2.67. The van der Waals surface area contributed by atoms with Gasteiger partial charge in [-0.3, -0.25) is 9.59 Å². The third-order valence-corrected chi connectivity index (χ3v) is 8.83. The van der Waals surface area contributed by atoms with E-state index in [1.54, 1.807) is 30.3 Å². The van der Waals surface area contributed by atoms with E-state index in [4.69, 9.17) is 58.0 Å². The van der Waals surface area contributed by atoms with Crippen LogP contribution in [0.25, 0.3) is 0 Å². The summed E-state index contributed by atoms with van der Waals surface area (Å²) in [5, 5.41) is 10.2. The second-order valence-corrected chi connectivity index (χ2v) is 12.9. The zero-order valence-electron chi connectivity index (χ0n) is 22.4. The summed E-state index contributed by atoms with van der Waals surface area (Å²) in [7, 11) is 0. The van der Waals surface area contributed by atoms with Crippen molar-refractivity contribution in [1.29, 1.82) is 0 Å².